The van der Waals surface area contributed by atoms with E-state index in [1.54, 1.807) is 21.3 Å². The molecule has 0 N–H and O–H groups in total. The summed E-state index contributed by atoms with van der Waals surface area (Å²) in [6, 6.07) is 1.91. The Kier molecular flexibility index (Phi) is 8.14. The Morgan fingerprint density at radius 1 is 1.00 bits per heavy atom. The van der Waals surface area contributed by atoms with E-state index in [1.807, 2.05) is 13.0 Å². The molecule has 0 heterocycles. The molecule has 0 saturated carbocycles. The average molecular weight is 312 g/mol. The predicted octanol–water partition coefficient (Wildman–Crippen LogP) is 2.01. The van der Waals surface area contributed by atoms with Crippen LogP contribution in [-0.4, -0.2) is 47.6 Å². The Labute approximate surface area is 131 Å². The van der Waals surface area contributed by atoms with Gasteiger partial charge in [-0.3, -0.25) is 4.79 Å². The summed E-state index contributed by atoms with van der Waals surface area (Å²) in [5, 5.41) is 0. The molecule has 0 unspecified atom stereocenters. The molecule has 6 nitrogen and oxygen atoms in total. The highest BCUT2D eigenvalue weighted by molar-refractivity contribution is 5.59. The van der Waals surface area contributed by atoms with Crippen LogP contribution in [0.4, 0.5) is 0 Å². The van der Waals surface area contributed by atoms with Gasteiger partial charge in [-0.15, -0.1) is 0 Å². The molecule has 22 heavy (non-hydrogen) atoms. The molecule has 0 amide bonds. The topological polar surface area (TPSA) is 63.2 Å². The molecule has 0 fully saturated rings. The van der Waals surface area contributed by atoms with Gasteiger partial charge in [-0.2, -0.15) is 0 Å². The molecule has 1 aromatic carbocycles. The smallest absolute Gasteiger partial charge is 0.293 e. The number of ether oxygens (including phenoxy) is 5. The number of benzene rings is 1. The third kappa shape index (κ3) is 4.53. The molecule has 1 rings (SSSR count). The number of carbonyl (C=O) groups excluding carboxylic acids is 1. The third-order valence-corrected chi connectivity index (χ3v) is 3.28. The van der Waals surface area contributed by atoms with Gasteiger partial charge in [0.2, 0.25) is 5.75 Å². The molecule has 1 aromatic rings. The lowest BCUT2D eigenvalue weighted by atomic mass is 9.99. The van der Waals surface area contributed by atoms with Gasteiger partial charge in [-0.25, -0.2) is 0 Å². The minimum absolute atomic E-state index is 0.275. The van der Waals surface area contributed by atoms with Crippen molar-refractivity contribution < 1.29 is 28.5 Å². The van der Waals surface area contributed by atoms with Crippen molar-refractivity contribution >= 4 is 6.47 Å². The zero-order chi connectivity index (χ0) is 16.4. The lowest BCUT2D eigenvalue weighted by molar-refractivity contribution is -0.128. The van der Waals surface area contributed by atoms with Crippen molar-refractivity contribution in [2.75, 3.05) is 41.2 Å². The minimum atomic E-state index is 0.275. The maximum atomic E-state index is 10.4. The van der Waals surface area contributed by atoms with Gasteiger partial charge in [0.1, 0.15) is 0 Å². The number of hydrogen-bond acceptors (Lipinski definition) is 6. The van der Waals surface area contributed by atoms with Crippen LogP contribution in [0.25, 0.3) is 0 Å². The number of carbonyl (C=O) groups is 1. The second-order valence-electron chi connectivity index (χ2n) is 4.45. The van der Waals surface area contributed by atoms with E-state index in [2.05, 4.69) is 0 Å². The molecule has 0 aliphatic rings. The second kappa shape index (κ2) is 9.89. The molecule has 0 aliphatic carbocycles. The van der Waals surface area contributed by atoms with Crippen LogP contribution in [0.2, 0.25) is 0 Å². The van der Waals surface area contributed by atoms with Crippen molar-refractivity contribution in [2.24, 2.45) is 0 Å². The number of methoxy groups -OCH3 is 3. The molecule has 0 aliphatic heterocycles. The summed E-state index contributed by atoms with van der Waals surface area (Å²) in [4.78, 5) is 10.4. The van der Waals surface area contributed by atoms with Crippen LogP contribution in [0.3, 0.4) is 0 Å². The third-order valence-electron chi connectivity index (χ3n) is 3.28. The Bertz CT molecular complexity index is 472. The van der Waals surface area contributed by atoms with Crippen LogP contribution >= 0.6 is 0 Å². The summed E-state index contributed by atoms with van der Waals surface area (Å²) >= 11 is 0. The summed E-state index contributed by atoms with van der Waals surface area (Å²) in [6.45, 7) is 3.92. The minimum Gasteiger partial charge on any atom is -0.493 e. The molecular weight excluding hydrogens is 288 g/mol. The van der Waals surface area contributed by atoms with Crippen LogP contribution in [-0.2, 0) is 27.1 Å². The normalized spacial score (nSPS) is 10.2. The highest BCUT2D eigenvalue weighted by Gasteiger charge is 2.20. The fourth-order valence-corrected chi connectivity index (χ4v) is 2.30. The lowest BCUT2D eigenvalue weighted by Crippen LogP contribution is -2.08. The standard InChI is InChI=1S/C16H24O6/c1-5-21-8-6-12-10-14(18-2)16(20-4)15(19-3)13(12)7-9-22-11-17/h10-11H,5-9H2,1-4H3. The van der Waals surface area contributed by atoms with Crippen molar-refractivity contribution in [1.82, 2.24) is 0 Å². The van der Waals surface area contributed by atoms with E-state index in [-0.39, 0.29) is 6.61 Å². The maximum absolute atomic E-state index is 10.4. The van der Waals surface area contributed by atoms with Crippen molar-refractivity contribution in [3.05, 3.63) is 17.2 Å². The van der Waals surface area contributed by atoms with Gasteiger partial charge in [-0.1, -0.05) is 0 Å². The second-order valence-corrected chi connectivity index (χ2v) is 4.45. The Morgan fingerprint density at radius 2 is 1.73 bits per heavy atom. The van der Waals surface area contributed by atoms with Crippen molar-refractivity contribution in [1.29, 1.82) is 0 Å². The fraction of sp³-hybridized carbons (Fsp3) is 0.562. The highest BCUT2D eigenvalue weighted by atomic mass is 16.5. The van der Waals surface area contributed by atoms with Crippen LogP contribution in [0.1, 0.15) is 18.1 Å². The fourth-order valence-electron chi connectivity index (χ4n) is 2.30. The Morgan fingerprint density at radius 3 is 2.27 bits per heavy atom. The number of hydrogen-bond donors (Lipinski definition) is 0. The van der Waals surface area contributed by atoms with Gasteiger partial charge in [0.25, 0.3) is 6.47 Å². The monoisotopic (exact) mass is 312 g/mol. The molecule has 0 radical (unpaired) electrons. The van der Waals surface area contributed by atoms with E-state index >= 15 is 0 Å². The zero-order valence-corrected chi connectivity index (χ0v) is 13.6. The van der Waals surface area contributed by atoms with E-state index in [0.717, 1.165) is 11.1 Å². The summed E-state index contributed by atoms with van der Waals surface area (Å²) in [5.41, 5.74) is 1.96. The van der Waals surface area contributed by atoms with Crippen LogP contribution < -0.4 is 14.2 Å². The highest BCUT2D eigenvalue weighted by Crippen LogP contribution is 2.42. The zero-order valence-electron chi connectivity index (χ0n) is 13.6. The molecule has 0 spiro atoms. The van der Waals surface area contributed by atoms with Crippen LogP contribution in [0.5, 0.6) is 17.2 Å². The van der Waals surface area contributed by atoms with Gasteiger partial charge in [0.05, 0.1) is 34.5 Å². The largest absolute Gasteiger partial charge is 0.493 e. The predicted molar refractivity (Wildman–Crippen MR) is 82.0 cm³/mol. The average Bonchev–Trinajstić information content (AvgIpc) is 2.55. The van der Waals surface area contributed by atoms with Crippen molar-refractivity contribution in [2.45, 2.75) is 19.8 Å². The first-order chi connectivity index (χ1) is 10.7. The summed E-state index contributed by atoms with van der Waals surface area (Å²) in [7, 11) is 4.72. The quantitative estimate of drug-likeness (QED) is 0.460. The first kappa shape index (κ1) is 18.1. The molecular formula is C16H24O6. The van der Waals surface area contributed by atoms with Gasteiger partial charge >= 0.3 is 0 Å². The van der Waals surface area contributed by atoms with Crippen molar-refractivity contribution in [3.8, 4) is 17.2 Å². The Balaban J connectivity index is 3.20. The van der Waals surface area contributed by atoms with Crippen molar-refractivity contribution in [3.63, 3.8) is 0 Å². The summed E-state index contributed by atoms with van der Waals surface area (Å²) in [5.74, 6) is 1.74. The van der Waals surface area contributed by atoms with Crippen LogP contribution in [0, 0.1) is 0 Å². The van der Waals surface area contributed by atoms with Gasteiger partial charge in [0, 0.05) is 18.6 Å². The first-order valence-electron chi connectivity index (χ1n) is 7.17. The molecule has 0 bridgehead atoms. The Hall–Kier alpha value is -1.95. The molecule has 6 heteroatoms. The summed E-state index contributed by atoms with van der Waals surface area (Å²) in [6.07, 6.45) is 1.24. The molecule has 0 atom stereocenters. The maximum Gasteiger partial charge on any atom is 0.293 e. The van der Waals surface area contributed by atoms with Gasteiger partial charge in [0.15, 0.2) is 11.5 Å². The van der Waals surface area contributed by atoms with E-state index in [4.69, 9.17) is 23.7 Å². The van der Waals surface area contributed by atoms with E-state index < -0.39 is 0 Å². The lowest BCUT2D eigenvalue weighted by Gasteiger charge is -2.19. The molecule has 124 valence electrons. The summed E-state index contributed by atoms with van der Waals surface area (Å²) < 4.78 is 26.5. The van der Waals surface area contributed by atoms with E-state index in [9.17, 15) is 4.79 Å². The van der Waals surface area contributed by atoms with E-state index in [1.165, 1.54) is 0 Å². The molecule has 0 aromatic heterocycles. The van der Waals surface area contributed by atoms with E-state index in [0.29, 0.717) is 49.8 Å². The van der Waals surface area contributed by atoms with Gasteiger partial charge < -0.3 is 23.7 Å². The van der Waals surface area contributed by atoms with Crippen LogP contribution in [0.15, 0.2) is 6.07 Å². The molecule has 0 saturated heterocycles. The SMILES string of the molecule is CCOCCc1cc(OC)c(OC)c(OC)c1CCOC=O. The number of rotatable bonds is 11. The van der Waals surface area contributed by atoms with Gasteiger partial charge in [-0.05, 0) is 25.0 Å². The first-order valence-corrected chi connectivity index (χ1v) is 7.17.